The van der Waals surface area contributed by atoms with Gasteiger partial charge in [0.2, 0.25) is 0 Å². The van der Waals surface area contributed by atoms with E-state index in [1.165, 1.54) is 0 Å². The Morgan fingerprint density at radius 2 is 1.88 bits per heavy atom. The summed E-state index contributed by atoms with van der Waals surface area (Å²) < 4.78 is 4.03. The fraction of sp³-hybridized carbons (Fsp3) is 0.438. The number of para-hydroxylation sites is 1. The van der Waals surface area contributed by atoms with Crippen molar-refractivity contribution in [3.8, 4) is 5.69 Å². The maximum Gasteiger partial charge on any atom is 0.170 e. The molecule has 1 aromatic carbocycles. The van der Waals surface area contributed by atoms with Crippen LogP contribution in [0, 0.1) is 0 Å². The molecule has 0 fully saturated rings. The van der Waals surface area contributed by atoms with Crippen LogP contribution in [0.1, 0.15) is 37.2 Å². The summed E-state index contributed by atoms with van der Waals surface area (Å²) in [5, 5.41) is 20.8. The summed E-state index contributed by atoms with van der Waals surface area (Å²) in [5.41, 5.74) is 0.972. The molecule has 0 spiro atoms. The molecule has 3 heterocycles. The minimum atomic E-state index is 0.392. The summed E-state index contributed by atoms with van der Waals surface area (Å²) in [7, 11) is 0. The fourth-order valence-electron chi connectivity index (χ4n) is 3.07. The van der Waals surface area contributed by atoms with E-state index in [0.29, 0.717) is 12.5 Å². The number of fused-ring (bicyclic) bond motifs is 1. The quantitative estimate of drug-likeness (QED) is 0.722. The summed E-state index contributed by atoms with van der Waals surface area (Å²) in [6.07, 6.45) is 0. The zero-order valence-electron chi connectivity index (χ0n) is 13.9. The van der Waals surface area contributed by atoms with E-state index in [1.807, 2.05) is 30.3 Å². The minimum absolute atomic E-state index is 0.392. The normalized spacial score (nSPS) is 15.0. The molecule has 0 radical (unpaired) electrons. The van der Waals surface area contributed by atoms with Gasteiger partial charge in [0.15, 0.2) is 5.82 Å². The Morgan fingerprint density at radius 1 is 1.04 bits per heavy atom. The molecule has 0 N–H and O–H groups in total. The van der Waals surface area contributed by atoms with Crippen LogP contribution in [0.4, 0.5) is 0 Å². The average molecular weight is 324 g/mol. The predicted molar refractivity (Wildman–Crippen MR) is 87.4 cm³/mol. The number of aromatic nitrogens is 7. The molecule has 0 saturated carbocycles. The maximum absolute atomic E-state index is 4.35. The molecule has 1 aliphatic rings. The second kappa shape index (κ2) is 6.12. The van der Waals surface area contributed by atoms with E-state index in [-0.39, 0.29) is 0 Å². The van der Waals surface area contributed by atoms with Crippen molar-refractivity contribution >= 4 is 0 Å². The highest BCUT2D eigenvalue weighted by Gasteiger charge is 2.23. The third-order valence-electron chi connectivity index (χ3n) is 4.28. The average Bonchev–Trinajstić information content (AvgIpc) is 3.22. The van der Waals surface area contributed by atoms with Gasteiger partial charge < -0.3 is 4.57 Å². The molecule has 1 aliphatic heterocycles. The molecule has 0 atom stereocenters. The predicted octanol–water partition coefficient (Wildman–Crippen LogP) is 1.39. The number of benzene rings is 1. The van der Waals surface area contributed by atoms with Gasteiger partial charge in [-0.3, -0.25) is 4.90 Å². The molecular formula is C16H20N8. The first-order chi connectivity index (χ1) is 11.7. The molecule has 4 rings (SSSR count). The van der Waals surface area contributed by atoms with E-state index < -0.39 is 0 Å². The highest BCUT2D eigenvalue weighted by molar-refractivity contribution is 5.30. The van der Waals surface area contributed by atoms with E-state index in [1.54, 1.807) is 4.68 Å². The van der Waals surface area contributed by atoms with Crippen molar-refractivity contribution in [3.05, 3.63) is 47.8 Å². The summed E-state index contributed by atoms with van der Waals surface area (Å²) in [6.45, 7) is 7.59. The Balaban J connectivity index is 1.53. The summed E-state index contributed by atoms with van der Waals surface area (Å²) >= 11 is 0. The smallest absolute Gasteiger partial charge is 0.170 e. The Morgan fingerprint density at radius 3 is 2.67 bits per heavy atom. The topological polar surface area (TPSA) is 77.6 Å². The first kappa shape index (κ1) is 14.9. The second-order valence-corrected chi connectivity index (χ2v) is 6.33. The van der Waals surface area contributed by atoms with Crippen LogP contribution in [0.2, 0.25) is 0 Å². The Labute approximate surface area is 140 Å². The number of nitrogens with zero attached hydrogens (tertiary/aromatic N) is 8. The number of hydrogen-bond donors (Lipinski definition) is 0. The zero-order chi connectivity index (χ0) is 16.5. The first-order valence-electron chi connectivity index (χ1n) is 8.19. The third kappa shape index (κ3) is 2.69. The van der Waals surface area contributed by atoms with Gasteiger partial charge in [-0.2, -0.15) is 4.68 Å². The maximum atomic E-state index is 4.35. The van der Waals surface area contributed by atoms with Crippen molar-refractivity contribution in [2.75, 3.05) is 6.54 Å². The molecule has 2 aromatic heterocycles. The largest absolute Gasteiger partial charge is 0.312 e. The standard InChI is InChI=1S/C16H20N8/c1-12(2)16-19-17-14-10-22(8-9-23(14)16)11-15-18-20-21-24(15)13-6-4-3-5-7-13/h3-7,12H,8-11H2,1-2H3. The molecular weight excluding hydrogens is 304 g/mol. The summed E-state index contributed by atoms with van der Waals surface area (Å²) in [4.78, 5) is 2.30. The Bertz CT molecular complexity index is 820. The van der Waals surface area contributed by atoms with Crippen molar-refractivity contribution in [1.29, 1.82) is 0 Å². The molecule has 24 heavy (non-hydrogen) atoms. The van der Waals surface area contributed by atoms with Gasteiger partial charge in [-0.15, -0.1) is 15.3 Å². The SMILES string of the molecule is CC(C)c1nnc2n1CCN(Cc1nnnn1-c1ccccc1)C2. The van der Waals surface area contributed by atoms with E-state index >= 15 is 0 Å². The fourth-order valence-corrected chi connectivity index (χ4v) is 3.07. The minimum Gasteiger partial charge on any atom is -0.312 e. The zero-order valence-corrected chi connectivity index (χ0v) is 13.9. The van der Waals surface area contributed by atoms with Gasteiger partial charge in [0, 0.05) is 19.0 Å². The lowest BCUT2D eigenvalue weighted by molar-refractivity contribution is 0.200. The van der Waals surface area contributed by atoms with Crippen LogP contribution < -0.4 is 0 Å². The van der Waals surface area contributed by atoms with Crippen molar-refractivity contribution in [1.82, 2.24) is 39.9 Å². The lowest BCUT2D eigenvalue weighted by atomic mass is 10.2. The van der Waals surface area contributed by atoms with Crippen LogP contribution in [0.15, 0.2) is 30.3 Å². The van der Waals surface area contributed by atoms with Gasteiger partial charge >= 0.3 is 0 Å². The number of tetrazole rings is 1. The summed E-state index contributed by atoms with van der Waals surface area (Å²) in [5.74, 6) is 3.31. The molecule has 0 bridgehead atoms. The van der Waals surface area contributed by atoms with E-state index in [9.17, 15) is 0 Å². The number of rotatable bonds is 4. The van der Waals surface area contributed by atoms with Crippen LogP contribution in [0.3, 0.4) is 0 Å². The molecule has 124 valence electrons. The van der Waals surface area contributed by atoms with Crippen LogP contribution in [0.5, 0.6) is 0 Å². The van der Waals surface area contributed by atoms with E-state index in [4.69, 9.17) is 0 Å². The van der Waals surface area contributed by atoms with Crippen LogP contribution >= 0.6 is 0 Å². The molecule has 0 amide bonds. The summed E-state index contributed by atoms with van der Waals surface area (Å²) in [6, 6.07) is 9.95. The van der Waals surface area contributed by atoms with Gasteiger partial charge in [0.05, 0.1) is 18.8 Å². The first-order valence-corrected chi connectivity index (χ1v) is 8.19. The molecule has 0 saturated heterocycles. The molecule has 3 aromatic rings. The third-order valence-corrected chi connectivity index (χ3v) is 4.28. The van der Waals surface area contributed by atoms with Crippen LogP contribution in [-0.2, 0) is 19.6 Å². The second-order valence-electron chi connectivity index (χ2n) is 6.33. The Kier molecular flexibility index (Phi) is 3.81. The Hall–Kier alpha value is -2.61. The molecule has 0 aliphatic carbocycles. The molecule has 0 unspecified atom stereocenters. The lowest BCUT2D eigenvalue weighted by Gasteiger charge is -2.27. The van der Waals surface area contributed by atoms with Crippen LogP contribution in [-0.4, -0.2) is 46.4 Å². The van der Waals surface area contributed by atoms with Gasteiger partial charge in [0.1, 0.15) is 11.6 Å². The number of hydrogen-bond acceptors (Lipinski definition) is 6. The monoisotopic (exact) mass is 324 g/mol. The van der Waals surface area contributed by atoms with E-state index in [0.717, 1.165) is 42.8 Å². The van der Waals surface area contributed by atoms with E-state index in [2.05, 4.69) is 49.0 Å². The van der Waals surface area contributed by atoms with Gasteiger partial charge in [-0.25, -0.2) is 0 Å². The van der Waals surface area contributed by atoms with Gasteiger partial charge in [-0.05, 0) is 22.6 Å². The highest BCUT2D eigenvalue weighted by atomic mass is 15.5. The van der Waals surface area contributed by atoms with Crippen molar-refractivity contribution in [2.24, 2.45) is 0 Å². The lowest BCUT2D eigenvalue weighted by Crippen LogP contribution is -2.34. The van der Waals surface area contributed by atoms with Gasteiger partial charge in [0.25, 0.3) is 0 Å². The van der Waals surface area contributed by atoms with Gasteiger partial charge in [-0.1, -0.05) is 32.0 Å². The highest BCUT2D eigenvalue weighted by Crippen LogP contribution is 2.19. The van der Waals surface area contributed by atoms with Crippen LogP contribution in [0.25, 0.3) is 5.69 Å². The molecule has 8 heteroatoms. The van der Waals surface area contributed by atoms with Crippen molar-refractivity contribution in [2.45, 2.75) is 39.4 Å². The molecule has 8 nitrogen and oxygen atoms in total. The van der Waals surface area contributed by atoms with Crippen molar-refractivity contribution < 1.29 is 0 Å². The van der Waals surface area contributed by atoms with Crippen molar-refractivity contribution in [3.63, 3.8) is 0 Å².